The highest BCUT2D eigenvalue weighted by molar-refractivity contribution is 6.03. The SMILES string of the molecule is COC(=O)c1cc(OC)c(OC)cc1NC(=O)[C@H]1CC=CC[C@@H]1C(=O)O. The molecule has 1 aliphatic carbocycles. The number of methoxy groups -OCH3 is 3. The van der Waals surface area contributed by atoms with Crippen molar-refractivity contribution in [3.8, 4) is 11.5 Å². The standard InChI is InChI=1S/C18H21NO7/c1-24-14-8-12(18(23)26-3)13(9-15(14)25-2)19-16(20)10-6-4-5-7-11(10)17(21)22/h4-5,8-11H,6-7H2,1-3H3,(H,19,20)(H,21,22)/t10-,11-/m0/s1. The van der Waals surface area contributed by atoms with Crippen molar-refractivity contribution in [1.29, 1.82) is 0 Å². The lowest BCUT2D eigenvalue weighted by Gasteiger charge is -2.24. The van der Waals surface area contributed by atoms with Gasteiger partial charge in [0.2, 0.25) is 5.91 Å². The molecule has 8 heteroatoms. The van der Waals surface area contributed by atoms with E-state index in [1.807, 2.05) is 0 Å². The number of anilines is 1. The normalized spacial score (nSPS) is 18.7. The van der Waals surface area contributed by atoms with Gasteiger partial charge in [0.25, 0.3) is 0 Å². The number of carboxylic acid groups (broad SMARTS) is 1. The molecule has 1 amide bonds. The van der Waals surface area contributed by atoms with Gasteiger partial charge in [0.1, 0.15) is 0 Å². The summed E-state index contributed by atoms with van der Waals surface area (Å²) in [5, 5.41) is 12.0. The van der Waals surface area contributed by atoms with E-state index in [2.05, 4.69) is 5.32 Å². The fraction of sp³-hybridized carbons (Fsp3) is 0.389. The Bertz CT molecular complexity index is 741. The molecule has 0 saturated carbocycles. The quantitative estimate of drug-likeness (QED) is 0.588. The maximum Gasteiger partial charge on any atom is 0.340 e. The number of carboxylic acids is 1. The van der Waals surface area contributed by atoms with Crippen LogP contribution in [0.15, 0.2) is 24.3 Å². The van der Waals surface area contributed by atoms with Crippen molar-refractivity contribution in [2.75, 3.05) is 26.6 Å². The van der Waals surface area contributed by atoms with Gasteiger partial charge in [0.05, 0.1) is 44.4 Å². The third-order valence-corrected chi connectivity index (χ3v) is 4.27. The first-order chi connectivity index (χ1) is 12.4. The minimum Gasteiger partial charge on any atom is -0.493 e. The summed E-state index contributed by atoms with van der Waals surface area (Å²) in [6.07, 6.45) is 4.12. The molecule has 140 valence electrons. The number of allylic oxidation sites excluding steroid dienone is 2. The molecule has 1 aliphatic rings. The highest BCUT2D eigenvalue weighted by Gasteiger charge is 2.34. The van der Waals surface area contributed by atoms with E-state index in [1.54, 1.807) is 12.2 Å². The van der Waals surface area contributed by atoms with Crippen LogP contribution in [0.2, 0.25) is 0 Å². The molecular weight excluding hydrogens is 342 g/mol. The number of aliphatic carboxylic acids is 1. The number of hydrogen-bond acceptors (Lipinski definition) is 6. The molecule has 0 bridgehead atoms. The molecule has 2 atom stereocenters. The monoisotopic (exact) mass is 363 g/mol. The molecule has 0 aromatic heterocycles. The molecule has 2 rings (SSSR count). The predicted molar refractivity (Wildman–Crippen MR) is 92.5 cm³/mol. The van der Waals surface area contributed by atoms with Gasteiger partial charge < -0.3 is 24.6 Å². The topological polar surface area (TPSA) is 111 Å². The maximum atomic E-state index is 12.7. The molecular formula is C18H21NO7. The van der Waals surface area contributed by atoms with E-state index in [0.717, 1.165) is 0 Å². The van der Waals surface area contributed by atoms with Gasteiger partial charge >= 0.3 is 11.9 Å². The van der Waals surface area contributed by atoms with Crippen LogP contribution in [0.4, 0.5) is 5.69 Å². The molecule has 0 fully saturated rings. The van der Waals surface area contributed by atoms with Gasteiger partial charge in [-0.05, 0) is 12.8 Å². The van der Waals surface area contributed by atoms with Gasteiger partial charge in [0.15, 0.2) is 11.5 Å². The summed E-state index contributed by atoms with van der Waals surface area (Å²) < 4.78 is 15.1. The molecule has 1 aromatic carbocycles. The lowest BCUT2D eigenvalue weighted by Crippen LogP contribution is -2.35. The van der Waals surface area contributed by atoms with Crippen LogP contribution in [0.3, 0.4) is 0 Å². The molecule has 0 unspecified atom stereocenters. The van der Waals surface area contributed by atoms with Crippen LogP contribution in [0.5, 0.6) is 11.5 Å². The van der Waals surface area contributed by atoms with Crippen molar-refractivity contribution in [2.24, 2.45) is 11.8 Å². The molecule has 8 nitrogen and oxygen atoms in total. The second-order valence-electron chi connectivity index (χ2n) is 5.73. The third-order valence-electron chi connectivity index (χ3n) is 4.27. The summed E-state index contributed by atoms with van der Waals surface area (Å²) in [6.45, 7) is 0. The predicted octanol–water partition coefficient (Wildman–Crippen LogP) is 2.10. The van der Waals surface area contributed by atoms with Crippen molar-refractivity contribution in [3.05, 3.63) is 29.8 Å². The Morgan fingerprint density at radius 2 is 1.58 bits per heavy atom. The number of carbonyl (C=O) groups is 3. The average molecular weight is 363 g/mol. The number of rotatable bonds is 6. The fourth-order valence-electron chi connectivity index (χ4n) is 2.86. The number of nitrogens with one attached hydrogen (secondary N) is 1. The molecule has 0 spiro atoms. The summed E-state index contributed by atoms with van der Waals surface area (Å²) in [7, 11) is 4.06. The van der Waals surface area contributed by atoms with Crippen LogP contribution in [-0.2, 0) is 14.3 Å². The van der Waals surface area contributed by atoms with Crippen molar-refractivity contribution in [1.82, 2.24) is 0 Å². The lowest BCUT2D eigenvalue weighted by atomic mass is 9.82. The Labute approximate surface area is 150 Å². The zero-order valence-corrected chi connectivity index (χ0v) is 14.8. The van der Waals surface area contributed by atoms with Crippen molar-refractivity contribution >= 4 is 23.5 Å². The van der Waals surface area contributed by atoms with E-state index in [9.17, 15) is 19.5 Å². The van der Waals surface area contributed by atoms with Crippen molar-refractivity contribution < 1.29 is 33.7 Å². The second kappa shape index (κ2) is 8.37. The Morgan fingerprint density at radius 3 is 2.12 bits per heavy atom. The van der Waals surface area contributed by atoms with Gasteiger partial charge in [-0.2, -0.15) is 0 Å². The van der Waals surface area contributed by atoms with Crippen LogP contribution >= 0.6 is 0 Å². The smallest absolute Gasteiger partial charge is 0.340 e. The van der Waals surface area contributed by atoms with E-state index in [-0.39, 0.29) is 17.7 Å². The zero-order valence-electron chi connectivity index (χ0n) is 14.8. The highest BCUT2D eigenvalue weighted by atomic mass is 16.5. The van der Waals surface area contributed by atoms with E-state index in [0.29, 0.717) is 17.9 Å². The largest absolute Gasteiger partial charge is 0.493 e. The van der Waals surface area contributed by atoms with Gasteiger partial charge in [-0.3, -0.25) is 9.59 Å². The van der Waals surface area contributed by atoms with Crippen molar-refractivity contribution in [2.45, 2.75) is 12.8 Å². The van der Waals surface area contributed by atoms with Crippen LogP contribution < -0.4 is 14.8 Å². The van der Waals surface area contributed by atoms with E-state index < -0.39 is 29.7 Å². The van der Waals surface area contributed by atoms with Gasteiger partial charge in [0, 0.05) is 12.1 Å². The molecule has 0 radical (unpaired) electrons. The van der Waals surface area contributed by atoms with E-state index in [4.69, 9.17) is 14.2 Å². The second-order valence-corrected chi connectivity index (χ2v) is 5.73. The number of esters is 1. The highest BCUT2D eigenvalue weighted by Crippen LogP contribution is 2.35. The number of hydrogen-bond donors (Lipinski definition) is 2. The Morgan fingerprint density at radius 1 is 1.00 bits per heavy atom. The fourth-order valence-corrected chi connectivity index (χ4v) is 2.86. The lowest BCUT2D eigenvalue weighted by molar-refractivity contribution is -0.146. The zero-order chi connectivity index (χ0) is 19.3. The molecule has 0 aliphatic heterocycles. The van der Waals surface area contributed by atoms with E-state index in [1.165, 1.54) is 33.5 Å². The first-order valence-corrected chi connectivity index (χ1v) is 7.95. The Kier molecular flexibility index (Phi) is 6.21. The molecule has 26 heavy (non-hydrogen) atoms. The summed E-state index contributed by atoms with van der Waals surface area (Å²) in [5.41, 5.74) is 0.245. The maximum absolute atomic E-state index is 12.7. The minimum absolute atomic E-state index is 0.0803. The summed E-state index contributed by atoms with van der Waals surface area (Å²) in [6, 6.07) is 2.84. The molecule has 0 heterocycles. The van der Waals surface area contributed by atoms with Crippen molar-refractivity contribution in [3.63, 3.8) is 0 Å². The minimum atomic E-state index is -1.03. The number of amides is 1. The first-order valence-electron chi connectivity index (χ1n) is 7.95. The molecule has 0 saturated heterocycles. The van der Waals surface area contributed by atoms with Crippen LogP contribution in [0.1, 0.15) is 23.2 Å². The molecule has 1 aromatic rings. The van der Waals surface area contributed by atoms with Gasteiger partial charge in [-0.1, -0.05) is 12.2 Å². The number of carbonyl (C=O) groups excluding carboxylic acids is 2. The third kappa shape index (κ3) is 3.96. The van der Waals surface area contributed by atoms with Gasteiger partial charge in [-0.15, -0.1) is 0 Å². The summed E-state index contributed by atoms with van der Waals surface area (Å²) >= 11 is 0. The Hall–Kier alpha value is -3.03. The Balaban J connectivity index is 2.37. The first kappa shape index (κ1) is 19.3. The number of benzene rings is 1. The van der Waals surface area contributed by atoms with Gasteiger partial charge in [-0.25, -0.2) is 4.79 Å². The summed E-state index contributed by atoms with van der Waals surface area (Å²) in [5.74, 6) is -3.13. The average Bonchev–Trinajstić information content (AvgIpc) is 2.66. The van der Waals surface area contributed by atoms with E-state index >= 15 is 0 Å². The summed E-state index contributed by atoms with van der Waals surface area (Å²) in [4.78, 5) is 36.1. The number of ether oxygens (including phenoxy) is 3. The van der Waals surface area contributed by atoms with Crippen LogP contribution in [-0.4, -0.2) is 44.3 Å². The van der Waals surface area contributed by atoms with Crippen LogP contribution in [0, 0.1) is 11.8 Å². The molecule has 2 N–H and O–H groups in total. The van der Waals surface area contributed by atoms with Crippen LogP contribution in [0.25, 0.3) is 0 Å².